The molecule has 0 saturated heterocycles. The van der Waals surface area contributed by atoms with E-state index in [2.05, 4.69) is 47.8 Å². The van der Waals surface area contributed by atoms with Crippen LogP contribution in [0.5, 0.6) is 11.5 Å². The molecule has 0 aliphatic rings. The summed E-state index contributed by atoms with van der Waals surface area (Å²) in [5.41, 5.74) is 1.24. The van der Waals surface area contributed by atoms with Crippen molar-refractivity contribution in [3.8, 4) is 11.5 Å². The molecule has 0 unspecified atom stereocenters. The maximum Gasteiger partial charge on any atom is 0.146 e. The van der Waals surface area contributed by atoms with Crippen LogP contribution in [0.4, 0.5) is 0 Å². The van der Waals surface area contributed by atoms with Gasteiger partial charge in [-0.05, 0) is 33.5 Å². The summed E-state index contributed by atoms with van der Waals surface area (Å²) >= 11 is 3.39. The first-order valence-electron chi connectivity index (χ1n) is 5.85. The number of rotatable bonds is 2. The molecule has 2 aromatic rings. The van der Waals surface area contributed by atoms with Crippen LogP contribution in [0.2, 0.25) is 0 Å². The Hall–Kier alpha value is -1.35. The Kier molecular flexibility index (Phi) is 3.71. The van der Waals surface area contributed by atoms with Crippen molar-refractivity contribution in [2.24, 2.45) is 0 Å². The Morgan fingerprint density at radius 1 is 1.11 bits per heavy atom. The minimum atomic E-state index is 0.0516. The number of hydrogen-bond donors (Lipinski definition) is 0. The summed E-state index contributed by atoms with van der Waals surface area (Å²) in [5.74, 6) is 1.62. The molecule has 1 heterocycles. The first-order valence-corrected chi connectivity index (χ1v) is 6.64. The predicted molar refractivity (Wildman–Crippen MR) is 77.2 cm³/mol. The summed E-state index contributed by atoms with van der Waals surface area (Å²) in [6, 6.07) is 10.0. The third-order valence-electron chi connectivity index (χ3n) is 2.60. The van der Waals surface area contributed by atoms with Gasteiger partial charge in [-0.1, -0.05) is 39.0 Å². The van der Waals surface area contributed by atoms with Crippen molar-refractivity contribution in [3.05, 3.63) is 52.8 Å². The third-order valence-corrected chi connectivity index (χ3v) is 3.04. The first kappa shape index (κ1) is 13.1. The molecule has 2 nitrogen and oxygen atoms in total. The Balaban J connectivity index is 2.35. The van der Waals surface area contributed by atoms with E-state index in [0.717, 1.165) is 16.0 Å². The average Bonchev–Trinajstić information content (AvgIpc) is 2.28. The Morgan fingerprint density at radius 3 is 2.50 bits per heavy atom. The van der Waals surface area contributed by atoms with E-state index in [9.17, 15) is 0 Å². The lowest BCUT2D eigenvalue weighted by atomic mass is 9.86. The second-order valence-electron chi connectivity index (χ2n) is 5.19. The van der Waals surface area contributed by atoms with Gasteiger partial charge in [-0.2, -0.15) is 0 Å². The highest BCUT2D eigenvalue weighted by atomic mass is 79.9. The molecule has 0 aliphatic heterocycles. The van der Waals surface area contributed by atoms with Gasteiger partial charge in [0.2, 0.25) is 0 Å². The molecule has 94 valence electrons. The van der Waals surface area contributed by atoms with E-state index in [-0.39, 0.29) is 5.41 Å². The molecule has 3 heteroatoms. The number of nitrogens with zero attached hydrogens (tertiary/aromatic N) is 1. The maximum atomic E-state index is 5.92. The standard InChI is InChI=1S/C15H16BrNO/c1-15(2,3)13-6-4-5-7-14(13)18-12-8-11(16)9-17-10-12/h4-10H,1-3H3. The Bertz CT molecular complexity index is 546. The van der Waals surface area contributed by atoms with E-state index >= 15 is 0 Å². The average molecular weight is 306 g/mol. The van der Waals surface area contributed by atoms with Crippen LogP contribution in [0.3, 0.4) is 0 Å². The van der Waals surface area contributed by atoms with E-state index in [1.54, 1.807) is 12.4 Å². The highest BCUT2D eigenvalue weighted by Crippen LogP contribution is 2.34. The summed E-state index contributed by atoms with van der Waals surface area (Å²) in [5, 5.41) is 0. The highest BCUT2D eigenvalue weighted by Gasteiger charge is 2.18. The van der Waals surface area contributed by atoms with Gasteiger partial charge in [-0.25, -0.2) is 0 Å². The highest BCUT2D eigenvalue weighted by molar-refractivity contribution is 9.10. The fourth-order valence-corrected chi connectivity index (χ4v) is 2.09. The molecule has 0 atom stereocenters. The fourth-order valence-electron chi connectivity index (χ4n) is 1.75. The smallest absolute Gasteiger partial charge is 0.146 e. The second kappa shape index (κ2) is 5.11. The molecular weight excluding hydrogens is 290 g/mol. The van der Waals surface area contributed by atoms with E-state index in [1.165, 1.54) is 5.56 Å². The summed E-state index contributed by atoms with van der Waals surface area (Å²) in [7, 11) is 0. The lowest BCUT2D eigenvalue weighted by molar-refractivity contribution is 0.453. The zero-order valence-electron chi connectivity index (χ0n) is 10.8. The first-order chi connectivity index (χ1) is 8.47. The molecule has 0 N–H and O–H groups in total. The number of hydrogen-bond acceptors (Lipinski definition) is 2. The molecule has 0 saturated carbocycles. The molecule has 0 amide bonds. The summed E-state index contributed by atoms with van der Waals surface area (Å²) in [6.07, 6.45) is 3.45. The summed E-state index contributed by atoms with van der Waals surface area (Å²) in [4.78, 5) is 4.10. The van der Waals surface area contributed by atoms with Gasteiger partial charge in [0, 0.05) is 16.2 Å². The fraction of sp³-hybridized carbons (Fsp3) is 0.267. The molecule has 2 rings (SSSR count). The van der Waals surface area contributed by atoms with E-state index in [1.807, 2.05) is 24.3 Å². The minimum Gasteiger partial charge on any atom is -0.455 e. The Morgan fingerprint density at radius 2 is 1.83 bits per heavy atom. The molecule has 1 aromatic carbocycles. The monoisotopic (exact) mass is 305 g/mol. The number of benzene rings is 1. The van der Waals surface area contributed by atoms with Gasteiger partial charge in [0.05, 0.1) is 6.20 Å². The van der Waals surface area contributed by atoms with Crippen LogP contribution < -0.4 is 4.74 Å². The third kappa shape index (κ3) is 3.10. The number of aromatic nitrogens is 1. The van der Waals surface area contributed by atoms with Gasteiger partial charge in [0.1, 0.15) is 11.5 Å². The van der Waals surface area contributed by atoms with Crippen molar-refractivity contribution in [3.63, 3.8) is 0 Å². The SMILES string of the molecule is CC(C)(C)c1ccccc1Oc1cncc(Br)c1. The zero-order valence-corrected chi connectivity index (χ0v) is 12.4. The number of ether oxygens (including phenoxy) is 1. The maximum absolute atomic E-state index is 5.92. The van der Waals surface area contributed by atoms with Gasteiger partial charge in [0.15, 0.2) is 0 Å². The summed E-state index contributed by atoms with van der Waals surface area (Å²) in [6.45, 7) is 6.52. The van der Waals surface area contributed by atoms with Crippen molar-refractivity contribution in [1.82, 2.24) is 4.98 Å². The molecule has 0 fully saturated rings. The van der Waals surface area contributed by atoms with E-state index in [4.69, 9.17) is 4.74 Å². The van der Waals surface area contributed by atoms with Crippen molar-refractivity contribution in [2.45, 2.75) is 26.2 Å². The largest absolute Gasteiger partial charge is 0.455 e. The topological polar surface area (TPSA) is 22.1 Å². The quantitative estimate of drug-likeness (QED) is 0.784. The second-order valence-corrected chi connectivity index (χ2v) is 6.10. The van der Waals surface area contributed by atoms with Crippen LogP contribution in [0.15, 0.2) is 47.2 Å². The molecule has 18 heavy (non-hydrogen) atoms. The zero-order chi connectivity index (χ0) is 13.2. The predicted octanol–water partition coefficient (Wildman–Crippen LogP) is 4.93. The van der Waals surface area contributed by atoms with Crippen molar-refractivity contribution in [1.29, 1.82) is 0 Å². The molecule has 0 radical (unpaired) electrons. The number of para-hydroxylation sites is 1. The molecule has 0 bridgehead atoms. The van der Waals surface area contributed by atoms with Crippen LogP contribution in [0, 0.1) is 0 Å². The molecule has 1 aromatic heterocycles. The Labute approximate surface area is 116 Å². The van der Waals surface area contributed by atoms with E-state index < -0.39 is 0 Å². The van der Waals surface area contributed by atoms with Crippen molar-refractivity contribution < 1.29 is 4.74 Å². The van der Waals surface area contributed by atoms with Crippen LogP contribution in [0.25, 0.3) is 0 Å². The van der Waals surface area contributed by atoms with Crippen LogP contribution in [-0.4, -0.2) is 4.98 Å². The minimum absolute atomic E-state index is 0.0516. The van der Waals surface area contributed by atoms with Gasteiger partial charge in [-0.15, -0.1) is 0 Å². The summed E-state index contributed by atoms with van der Waals surface area (Å²) < 4.78 is 6.83. The van der Waals surface area contributed by atoms with Crippen LogP contribution in [0.1, 0.15) is 26.3 Å². The molecular formula is C15H16BrNO. The van der Waals surface area contributed by atoms with Gasteiger partial charge in [0.25, 0.3) is 0 Å². The lowest BCUT2D eigenvalue weighted by Crippen LogP contribution is -2.12. The van der Waals surface area contributed by atoms with Gasteiger partial charge >= 0.3 is 0 Å². The molecule has 0 aliphatic carbocycles. The number of halogens is 1. The molecule has 0 spiro atoms. The van der Waals surface area contributed by atoms with Crippen molar-refractivity contribution in [2.75, 3.05) is 0 Å². The normalized spacial score (nSPS) is 11.3. The lowest BCUT2D eigenvalue weighted by Gasteiger charge is -2.22. The van der Waals surface area contributed by atoms with Gasteiger partial charge < -0.3 is 4.74 Å². The van der Waals surface area contributed by atoms with Crippen molar-refractivity contribution >= 4 is 15.9 Å². The van der Waals surface area contributed by atoms with E-state index in [0.29, 0.717) is 0 Å². The van der Waals surface area contributed by atoms with Crippen LogP contribution in [-0.2, 0) is 5.41 Å². The van der Waals surface area contributed by atoms with Gasteiger partial charge in [-0.3, -0.25) is 4.98 Å². The van der Waals surface area contributed by atoms with Crippen LogP contribution >= 0.6 is 15.9 Å². The number of pyridine rings is 1.